The van der Waals surface area contributed by atoms with Crippen molar-refractivity contribution >= 4 is 41.5 Å². The molecule has 0 aliphatic carbocycles. The zero-order chi connectivity index (χ0) is 15.8. The van der Waals surface area contributed by atoms with Crippen molar-refractivity contribution < 1.29 is 4.74 Å². The van der Waals surface area contributed by atoms with E-state index in [0.717, 1.165) is 27.9 Å². The van der Waals surface area contributed by atoms with Crippen LogP contribution in [0.1, 0.15) is 11.1 Å². The standard InChI is InChI=1S/C17H20ClN3O.HI/c1-19-17(20-11-13-6-8-15(18)9-7-13)21-12-14-4-3-5-16(10-14)22-2;/h3-10H,11-12H2,1-2H3,(H2,19,20,21);1H. The highest BCUT2D eigenvalue weighted by Crippen LogP contribution is 2.12. The second kappa shape index (κ2) is 10.3. The summed E-state index contributed by atoms with van der Waals surface area (Å²) in [6, 6.07) is 15.7. The number of aliphatic imine (C=N–C) groups is 1. The Kier molecular flexibility index (Phi) is 8.79. The zero-order valence-electron chi connectivity index (χ0n) is 13.2. The first-order chi connectivity index (χ1) is 10.7. The van der Waals surface area contributed by atoms with Crippen LogP contribution in [0.2, 0.25) is 5.02 Å². The Labute approximate surface area is 159 Å². The van der Waals surface area contributed by atoms with Gasteiger partial charge in [-0.3, -0.25) is 4.99 Å². The van der Waals surface area contributed by atoms with E-state index in [0.29, 0.717) is 13.1 Å². The maximum Gasteiger partial charge on any atom is 0.191 e. The van der Waals surface area contributed by atoms with Gasteiger partial charge in [0.1, 0.15) is 5.75 Å². The van der Waals surface area contributed by atoms with E-state index >= 15 is 0 Å². The second-order valence-electron chi connectivity index (χ2n) is 4.76. The van der Waals surface area contributed by atoms with Gasteiger partial charge in [0.2, 0.25) is 0 Å². The van der Waals surface area contributed by atoms with E-state index in [1.807, 2.05) is 48.5 Å². The van der Waals surface area contributed by atoms with Crippen molar-refractivity contribution in [3.63, 3.8) is 0 Å². The molecule has 0 aromatic heterocycles. The first kappa shape index (κ1) is 19.6. The molecule has 2 aromatic rings. The highest BCUT2D eigenvalue weighted by molar-refractivity contribution is 14.0. The van der Waals surface area contributed by atoms with Gasteiger partial charge in [0, 0.05) is 25.2 Å². The number of rotatable bonds is 5. The number of methoxy groups -OCH3 is 1. The summed E-state index contributed by atoms with van der Waals surface area (Å²) >= 11 is 5.88. The lowest BCUT2D eigenvalue weighted by Crippen LogP contribution is -2.36. The quantitative estimate of drug-likeness (QED) is 0.418. The minimum atomic E-state index is 0. The van der Waals surface area contributed by atoms with Crippen LogP contribution in [0.3, 0.4) is 0 Å². The third kappa shape index (κ3) is 6.66. The number of nitrogens with one attached hydrogen (secondary N) is 2. The van der Waals surface area contributed by atoms with Crippen LogP contribution in [-0.4, -0.2) is 20.1 Å². The lowest BCUT2D eigenvalue weighted by molar-refractivity contribution is 0.414. The van der Waals surface area contributed by atoms with Crippen molar-refractivity contribution in [2.24, 2.45) is 4.99 Å². The summed E-state index contributed by atoms with van der Waals surface area (Å²) in [6.07, 6.45) is 0. The molecule has 2 aromatic carbocycles. The van der Waals surface area contributed by atoms with Crippen LogP contribution >= 0.6 is 35.6 Å². The minimum absolute atomic E-state index is 0. The molecule has 0 saturated heterocycles. The summed E-state index contributed by atoms with van der Waals surface area (Å²) in [5, 5.41) is 7.28. The predicted molar refractivity (Wildman–Crippen MR) is 107 cm³/mol. The second-order valence-corrected chi connectivity index (χ2v) is 5.19. The van der Waals surface area contributed by atoms with Crippen LogP contribution in [0.5, 0.6) is 5.75 Å². The Balaban J connectivity index is 0.00000264. The van der Waals surface area contributed by atoms with E-state index in [1.165, 1.54) is 0 Å². The normalized spacial score (nSPS) is 10.7. The van der Waals surface area contributed by atoms with Gasteiger partial charge < -0.3 is 15.4 Å². The molecule has 0 atom stereocenters. The summed E-state index contributed by atoms with van der Waals surface area (Å²) in [7, 11) is 3.42. The number of hydrogen-bond acceptors (Lipinski definition) is 2. The molecule has 0 radical (unpaired) electrons. The third-order valence-electron chi connectivity index (χ3n) is 3.19. The number of nitrogens with zero attached hydrogens (tertiary/aromatic N) is 1. The lowest BCUT2D eigenvalue weighted by Gasteiger charge is -2.12. The number of benzene rings is 2. The average molecular weight is 446 g/mol. The van der Waals surface area contributed by atoms with E-state index in [-0.39, 0.29) is 24.0 Å². The van der Waals surface area contributed by atoms with Crippen molar-refractivity contribution in [1.29, 1.82) is 0 Å². The molecule has 0 fully saturated rings. The van der Waals surface area contributed by atoms with Crippen LogP contribution in [0, 0.1) is 0 Å². The van der Waals surface area contributed by atoms with E-state index in [2.05, 4.69) is 15.6 Å². The molecule has 124 valence electrons. The monoisotopic (exact) mass is 445 g/mol. The molecule has 2 N–H and O–H groups in total. The van der Waals surface area contributed by atoms with Gasteiger partial charge in [-0.25, -0.2) is 0 Å². The predicted octanol–water partition coefficient (Wildman–Crippen LogP) is 3.83. The van der Waals surface area contributed by atoms with Crippen LogP contribution in [-0.2, 0) is 13.1 Å². The van der Waals surface area contributed by atoms with E-state index in [4.69, 9.17) is 16.3 Å². The smallest absolute Gasteiger partial charge is 0.191 e. The zero-order valence-corrected chi connectivity index (χ0v) is 16.3. The maximum absolute atomic E-state index is 5.88. The highest BCUT2D eigenvalue weighted by atomic mass is 127. The molecule has 0 unspecified atom stereocenters. The number of guanidine groups is 1. The molecule has 0 saturated carbocycles. The molecular weight excluding hydrogens is 425 g/mol. The molecule has 0 spiro atoms. The van der Waals surface area contributed by atoms with Crippen molar-refractivity contribution in [2.45, 2.75) is 13.1 Å². The fraction of sp³-hybridized carbons (Fsp3) is 0.235. The van der Waals surface area contributed by atoms with E-state index < -0.39 is 0 Å². The first-order valence-corrected chi connectivity index (χ1v) is 7.41. The summed E-state index contributed by atoms with van der Waals surface area (Å²) in [5.74, 6) is 1.60. The van der Waals surface area contributed by atoms with Crippen LogP contribution < -0.4 is 15.4 Å². The first-order valence-electron chi connectivity index (χ1n) is 7.03. The Hall–Kier alpha value is -1.47. The lowest BCUT2D eigenvalue weighted by atomic mass is 10.2. The highest BCUT2D eigenvalue weighted by Gasteiger charge is 2.00. The third-order valence-corrected chi connectivity index (χ3v) is 3.44. The molecule has 2 rings (SSSR count). The molecule has 0 aliphatic rings. The Morgan fingerprint density at radius 1 is 1.04 bits per heavy atom. The van der Waals surface area contributed by atoms with Crippen LogP contribution in [0.15, 0.2) is 53.5 Å². The van der Waals surface area contributed by atoms with Gasteiger partial charge in [0.15, 0.2) is 5.96 Å². The summed E-state index contributed by atoms with van der Waals surface area (Å²) in [5.41, 5.74) is 2.28. The average Bonchev–Trinajstić information content (AvgIpc) is 2.57. The summed E-state index contributed by atoms with van der Waals surface area (Å²) < 4.78 is 5.22. The maximum atomic E-state index is 5.88. The van der Waals surface area contributed by atoms with Crippen LogP contribution in [0.4, 0.5) is 0 Å². The number of ether oxygens (including phenoxy) is 1. The van der Waals surface area contributed by atoms with Gasteiger partial charge in [-0.15, -0.1) is 24.0 Å². The molecule has 0 aliphatic heterocycles. The van der Waals surface area contributed by atoms with Gasteiger partial charge in [-0.05, 0) is 35.4 Å². The molecule has 6 heteroatoms. The van der Waals surface area contributed by atoms with E-state index in [1.54, 1.807) is 14.2 Å². The molecule has 0 bridgehead atoms. The minimum Gasteiger partial charge on any atom is -0.497 e. The summed E-state index contributed by atoms with van der Waals surface area (Å²) in [6.45, 7) is 1.37. The fourth-order valence-electron chi connectivity index (χ4n) is 1.98. The molecule has 4 nitrogen and oxygen atoms in total. The van der Waals surface area contributed by atoms with Gasteiger partial charge in [-0.1, -0.05) is 35.9 Å². The number of hydrogen-bond donors (Lipinski definition) is 2. The summed E-state index contributed by atoms with van der Waals surface area (Å²) in [4.78, 5) is 4.22. The molecule has 23 heavy (non-hydrogen) atoms. The largest absolute Gasteiger partial charge is 0.497 e. The van der Waals surface area contributed by atoms with Gasteiger partial charge >= 0.3 is 0 Å². The van der Waals surface area contributed by atoms with Gasteiger partial charge in [-0.2, -0.15) is 0 Å². The van der Waals surface area contributed by atoms with Crippen molar-refractivity contribution in [3.8, 4) is 5.75 Å². The van der Waals surface area contributed by atoms with Crippen molar-refractivity contribution in [3.05, 3.63) is 64.7 Å². The van der Waals surface area contributed by atoms with Crippen molar-refractivity contribution in [1.82, 2.24) is 10.6 Å². The van der Waals surface area contributed by atoms with Gasteiger partial charge in [0.25, 0.3) is 0 Å². The Morgan fingerprint density at radius 2 is 1.70 bits per heavy atom. The SMILES string of the molecule is CN=C(NCc1ccc(Cl)cc1)NCc1cccc(OC)c1.I. The fourth-order valence-corrected chi connectivity index (χ4v) is 2.10. The Morgan fingerprint density at radius 3 is 2.30 bits per heavy atom. The topological polar surface area (TPSA) is 45.7 Å². The molecule has 0 heterocycles. The molecular formula is C17H21ClIN3O. The van der Waals surface area contributed by atoms with Crippen molar-refractivity contribution in [2.75, 3.05) is 14.2 Å². The Bertz CT molecular complexity index is 632. The van der Waals surface area contributed by atoms with Gasteiger partial charge in [0.05, 0.1) is 7.11 Å². The number of halogens is 2. The molecule has 0 amide bonds. The van der Waals surface area contributed by atoms with E-state index in [9.17, 15) is 0 Å². The van der Waals surface area contributed by atoms with Crippen LogP contribution in [0.25, 0.3) is 0 Å².